The molecule has 2 aromatic rings. The smallest absolute Gasteiger partial charge is 0.125 e. The van der Waals surface area contributed by atoms with E-state index in [9.17, 15) is 5.11 Å². The van der Waals surface area contributed by atoms with Gasteiger partial charge in [0, 0.05) is 5.56 Å². The van der Waals surface area contributed by atoms with Crippen molar-refractivity contribution in [3.8, 4) is 5.75 Å². The molecular formula is C19H24O2. The summed E-state index contributed by atoms with van der Waals surface area (Å²) in [6.45, 7) is 6.43. The minimum absolute atomic E-state index is 0.637. The minimum Gasteiger partial charge on any atom is -0.496 e. The number of ether oxygens (including phenoxy) is 1. The van der Waals surface area contributed by atoms with Crippen LogP contribution in [0.3, 0.4) is 0 Å². The Kier molecular flexibility index (Phi) is 5.03. The Morgan fingerprint density at radius 2 is 1.71 bits per heavy atom. The monoisotopic (exact) mass is 284 g/mol. The third-order valence-corrected chi connectivity index (χ3v) is 3.62. The van der Waals surface area contributed by atoms with Gasteiger partial charge in [-0.25, -0.2) is 0 Å². The van der Waals surface area contributed by atoms with Crippen molar-refractivity contribution in [3.63, 3.8) is 0 Å². The SMILES string of the molecule is COc1ccc(C)cc1C(O)c1ccc(CC(C)C)cc1. The predicted octanol–water partition coefficient (Wildman–Crippen LogP) is 4.28. The van der Waals surface area contributed by atoms with Crippen molar-refractivity contribution >= 4 is 0 Å². The summed E-state index contributed by atoms with van der Waals surface area (Å²) in [6.07, 6.45) is 0.400. The molecule has 2 aromatic carbocycles. The first-order chi connectivity index (χ1) is 10.0. The molecule has 0 bridgehead atoms. The summed E-state index contributed by atoms with van der Waals surface area (Å²) in [5.41, 5.74) is 4.12. The Bertz CT molecular complexity index is 585. The van der Waals surface area contributed by atoms with E-state index in [2.05, 4.69) is 26.0 Å². The van der Waals surface area contributed by atoms with Crippen molar-refractivity contribution in [2.45, 2.75) is 33.3 Å². The molecule has 0 spiro atoms. The molecule has 1 N–H and O–H groups in total. The molecule has 2 nitrogen and oxygen atoms in total. The molecular weight excluding hydrogens is 260 g/mol. The Labute approximate surface area is 127 Å². The predicted molar refractivity (Wildman–Crippen MR) is 86.8 cm³/mol. The molecule has 0 radical (unpaired) electrons. The number of hydrogen-bond acceptors (Lipinski definition) is 2. The second-order valence-corrected chi connectivity index (χ2v) is 5.99. The third kappa shape index (κ3) is 3.85. The zero-order valence-corrected chi connectivity index (χ0v) is 13.3. The van der Waals surface area contributed by atoms with Gasteiger partial charge in [0.05, 0.1) is 7.11 Å². The summed E-state index contributed by atoms with van der Waals surface area (Å²) >= 11 is 0. The summed E-state index contributed by atoms with van der Waals surface area (Å²) in [6, 6.07) is 14.1. The van der Waals surface area contributed by atoms with Gasteiger partial charge >= 0.3 is 0 Å². The largest absolute Gasteiger partial charge is 0.496 e. The van der Waals surface area contributed by atoms with Crippen LogP contribution in [0.1, 0.15) is 42.2 Å². The Balaban J connectivity index is 2.27. The molecule has 0 saturated heterocycles. The van der Waals surface area contributed by atoms with Crippen molar-refractivity contribution in [1.82, 2.24) is 0 Å². The van der Waals surface area contributed by atoms with Crippen LogP contribution in [-0.2, 0) is 6.42 Å². The molecule has 0 aliphatic rings. The molecule has 21 heavy (non-hydrogen) atoms. The van der Waals surface area contributed by atoms with E-state index in [0.717, 1.165) is 28.9 Å². The van der Waals surface area contributed by atoms with Gasteiger partial charge in [0.25, 0.3) is 0 Å². The first kappa shape index (κ1) is 15.6. The van der Waals surface area contributed by atoms with E-state index in [-0.39, 0.29) is 0 Å². The van der Waals surface area contributed by atoms with Crippen LogP contribution >= 0.6 is 0 Å². The van der Waals surface area contributed by atoms with E-state index in [0.29, 0.717) is 5.92 Å². The summed E-state index contributed by atoms with van der Waals surface area (Å²) in [7, 11) is 1.63. The normalized spacial score (nSPS) is 12.5. The molecule has 0 amide bonds. The van der Waals surface area contributed by atoms with Crippen LogP contribution in [0.15, 0.2) is 42.5 Å². The number of hydrogen-bond donors (Lipinski definition) is 1. The van der Waals surface area contributed by atoms with Gasteiger partial charge in [-0.15, -0.1) is 0 Å². The van der Waals surface area contributed by atoms with Gasteiger partial charge in [0.2, 0.25) is 0 Å². The van der Waals surface area contributed by atoms with Crippen LogP contribution < -0.4 is 4.74 Å². The van der Waals surface area contributed by atoms with Crippen molar-refractivity contribution in [1.29, 1.82) is 0 Å². The molecule has 0 aliphatic carbocycles. The van der Waals surface area contributed by atoms with Crippen LogP contribution in [0.4, 0.5) is 0 Å². The number of rotatable bonds is 5. The Morgan fingerprint density at radius 1 is 1.05 bits per heavy atom. The maximum absolute atomic E-state index is 10.6. The van der Waals surface area contributed by atoms with Gasteiger partial charge in [0.15, 0.2) is 0 Å². The van der Waals surface area contributed by atoms with Crippen molar-refractivity contribution in [3.05, 3.63) is 64.7 Å². The highest BCUT2D eigenvalue weighted by Gasteiger charge is 2.15. The molecule has 2 heteroatoms. The number of benzene rings is 2. The van der Waals surface area contributed by atoms with E-state index in [1.165, 1.54) is 5.56 Å². The number of aryl methyl sites for hydroxylation is 1. The fraction of sp³-hybridized carbons (Fsp3) is 0.368. The summed E-state index contributed by atoms with van der Waals surface area (Å²) in [5.74, 6) is 1.36. The molecule has 0 saturated carbocycles. The maximum Gasteiger partial charge on any atom is 0.125 e. The van der Waals surface area contributed by atoms with E-state index >= 15 is 0 Å². The van der Waals surface area contributed by atoms with Gasteiger partial charge in [-0.2, -0.15) is 0 Å². The van der Waals surface area contributed by atoms with Crippen LogP contribution in [0.25, 0.3) is 0 Å². The highest BCUT2D eigenvalue weighted by atomic mass is 16.5. The third-order valence-electron chi connectivity index (χ3n) is 3.62. The fourth-order valence-corrected chi connectivity index (χ4v) is 2.55. The number of aliphatic hydroxyl groups is 1. The highest BCUT2D eigenvalue weighted by molar-refractivity contribution is 5.43. The summed E-state index contributed by atoms with van der Waals surface area (Å²) in [4.78, 5) is 0. The zero-order valence-electron chi connectivity index (χ0n) is 13.3. The second-order valence-electron chi connectivity index (χ2n) is 5.99. The number of methoxy groups -OCH3 is 1. The molecule has 0 fully saturated rings. The Hall–Kier alpha value is -1.80. The van der Waals surface area contributed by atoms with Crippen molar-refractivity contribution in [2.24, 2.45) is 5.92 Å². The summed E-state index contributed by atoms with van der Waals surface area (Å²) < 4.78 is 5.36. The van der Waals surface area contributed by atoms with E-state index in [1.807, 2.05) is 37.3 Å². The first-order valence-electron chi connectivity index (χ1n) is 7.42. The van der Waals surface area contributed by atoms with Crippen LogP contribution in [0, 0.1) is 12.8 Å². The summed E-state index contributed by atoms with van der Waals surface area (Å²) in [5, 5.41) is 10.6. The van der Waals surface area contributed by atoms with E-state index < -0.39 is 6.10 Å². The van der Waals surface area contributed by atoms with Gasteiger partial charge < -0.3 is 9.84 Å². The quantitative estimate of drug-likeness (QED) is 0.887. The lowest BCUT2D eigenvalue weighted by Gasteiger charge is -2.16. The molecule has 2 rings (SSSR count). The average Bonchev–Trinajstić information content (AvgIpc) is 2.46. The van der Waals surface area contributed by atoms with Crippen LogP contribution in [0.2, 0.25) is 0 Å². The fourth-order valence-electron chi connectivity index (χ4n) is 2.55. The van der Waals surface area contributed by atoms with Gasteiger partial charge in [-0.3, -0.25) is 0 Å². The van der Waals surface area contributed by atoms with E-state index in [4.69, 9.17) is 4.74 Å². The molecule has 0 aliphatic heterocycles. The molecule has 112 valence electrons. The zero-order chi connectivity index (χ0) is 15.4. The Morgan fingerprint density at radius 3 is 2.29 bits per heavy atom. The molecule has 0 aromatic heterocycles. The average molecular weight is 284 g/mol. The van der Waals surface area contributed by atoms with E-state index in [1.54, 1.807) is 7.11 Å². The van der Waals surface area contributed by atoms with Crippen molar-refractivity contribution in [2.75, 3.05) is 7.11 Å². The minimum atomic E-state index is -0.659. The molecule has 1 atom stereocenters. The maximum atomic E-state index is 10.6. The second kappa shape index (κ2) is 6.77. The van der Waals surface area contributed by atoms with Gasteiger partial charge in [-0.05, 0) is 42.5 Å². The van der Waals surface area contributed by atoms with Gasteiger partial charge in [-0.1, -0.05) is 49.7 Å². The van der Waals surface area contributed by atoms with Gasteiger partial charge in [0.1, 0.15) is 11.9 Å². The molecule has 1 unspecified atom stereocenters. The lowest BCUT2D eigenvalue weighted by molar-refractivity contribution is 0.214. The van der Waals surface area contributed by atoms with Crippen LogP contribution in [0.5, 0.6) is 5.75 Å². The van der Waals surface area contributed by atoms with Crippen LogP contribution in [-0.4, -0.2) is 12.2 Å². The topological polar surface area (TPSA) is 29.5 Å². The first-order valence-corrected chi connectivity index (χ1v) is 7.42. The lowest BCUT2D eigenvalue weighted by Crippen LogP contribution is -2.03. The highest BCUT2D eigenvalue weighted by Crippen LogP contribution is 2.31. The molecule has 0 heterocycles. The standard InChI is InChI=1S/C19H24O2/c1-13(2)11-15-6-8-16(9-7-15)19(20)17-12-14(3)5-10-18(17)21-4/h5-10,12-13,19-20H,11H2,1-4H3. The van der Waals surface area contributed by atoms with Crippen molar-refractivity contribution < 1.29 is 9.84 Å². The number of aliphatic hydroxyl groups excluding tert-OH is 1. The lowest BCUT2D eigenvalue weighted by atomic mass is 9.96.